The van der Waals surface area contributed by atoms with Crippen molar-refractivity contribution in [1.82, 2.24) is 4.90 Å². The molecule has 1 saturated heterocycles. The Morgan fingerprint density at radius 3 is 2.95 bits per heavy atom. The maximum Gasteiger partial charge on any atom is 0.387 e. The maximum atomic E-state index is 12.5. The van der Waals surface area contributed by atoms with Crippen LogP contribution in [0.15, 0.2) is 18.2 Å². The van der Waals surface area contributed by atoms with Gasteiger partial charge in [0.05, 0.1) is 0 Å². The van der Waals surface area contributed by atoms with Crippen LogP contribution in [-0.2, 0) is 6.54 Å². The Bertz CT molecular complexity index is 457. The van der Waals surface area contributed by atoms with Crippen LogP contribution in [0.3, 0.4) is 0 Å². The van der Waals surface area contributed by atoms with Gasteiger partial charge in [0.15, 0.2) is 0 Å². The summed E-state index contributed by atoms with van der Waals surface area (Å²) in [4.78, 5) is 2.26. The highest BCUT2D eigenvalue weighted by atomic mass is 35.5. The van der Waals surface area contributed by atoms with Gasteiger partial charge >= 0.3 is 6.61 Å². The molecule has 0 spiro atoms. The Balaban J connectivity index is 2.05. The van der Waals surface area contributed by atoms with Gasteiger partial charge in [-0.2, -0.15) is 8.78 Å². The van der Waals surface area contributed by atoms with E-state index >= 15 is 0 Å². The lowest BCUT2D eigenvalue weighted by atomic mass is 9.94. The van der Waals surface area contributed by atoms with Crippen molar-refractivity contribution in [2.24, 2.45) is 11.7 Å². The fraction of sp³-hybridized carbons (Fsp3) is 0.600. The molecule has 6 heteroatoms. The molecule has 1 fully saturated rings. The van der Waals surface area contributed by atoms with E-state index in [2.05, 4.69) is 9.64 Å². The molecule has 0 bridgehead atoms. The van der Waals surface area contributed by atoms with Gasteiger partial charge in [-0.25, -0.2) is 0 Å². The van der Waals surface area contributed by atoms with Gasteiger partial charge in [0.25, 0.3) is 0 Å². The molecule has 0 radical (unpaired) electrons. The Labute approximate surface area is 129 Å². The molecule has 0 saturated carbocycles. The lowest BCUT2D eigenvalue weighted by molar-refractivity contribution is -0.0508. The molecule has 118 valence electrons. The van der Waals surface area contributed by atoms with E-state index < -0.39 is 6.61 Å². The molecule has 1 unspecified atom stereocenters. The molecule has 1 aliphatic rings. The van der Waals surface area contributed by atoms with Crippen LogP contribution in [0.5, 0.6) is 5.75 Å². The van der Waals surface area contributed by atoms with Gasteiger partial charge in [0.1, 0.15) is 5.75 Å². The van der Waals surface area contributed by atoms with Gasteiger partial charge in [0, 0.05) is 23.7 Å². The van der Waals surface area contributed by atoms with Crippen LogP contribution in [0.4, 0.5) is 8.78 Å². The van der Waals surface area contributed by atoms with E-state index in [1.807, 2.05) is 0 Å². The standard InChI is InChI=1S/C15H21ClF2N2O/c16-13-3-4-14(21-15(17)18)12(8-13)10-20-7-1-2-11(9-20)5-6-19/h3-4,8,11,15H,1-2,5-7,9-10,19H2. The molecule has 1 aromatic rings. The van der Waals surface area contributed by atoms with E-state index in [0.29, 0.717) is 29.6 Å². The van der Waals surface area contributed by atoms with Gasteiger partial charge in [-0.3, -0.25) is 4.90 Å². The Morgan fingerprint density at radius 1 is 1.43 bits per heavy atom. The topological polar surface area (TPSA) is 38.5 Å². The predicted molar refractivity (Wildman–Crippen MR) is 79.8 cm³/mol. The number of nitrogens with two attached hydrogens (primary N) is 1. The smallest absolute Gasteiger partial charge is 0.387 e. The molecule has 0 aliphatic carbocycles. The van der Waals surface area contributed by atoms with Gasteiger partial charge < -0.3 is 10.5 Å². The fourth-order valence-electron chi connectivity index (χ4n) is 2.89. The first-order chi connectivity index (χ1) is 10.1. The zero-order valence-corrected chi connectivity index (χ0v) is 12.7. The molecular weight excluding hydrogens is 298 g/mol. The highest BCUT2D eigenvalue weighted by molar-refractivity contribution is 6.30. The lowest BCUT2D eigenvalue weighted by Gasteiger charge is -2.33. The molecule has 2 N–H and O–H groups in total. The average Bonchev–Trinajstić information content (AvgIpc) is 2.42. The van der Waals surface area contributed by atoms with E-state index in [1.54, 1.807) is 12.1 Å². The van der Waals surface area contributed by atoms with E-state index in [9.17, 15) is 8.78 Å². The minimum absolute atomic E-state index is 0.204. The molecule has 1 atom stereocenters. The molecule has 1 aliphatic heterocycles. The first kappa shape index (κ1) is 16.5. The molecule has 2 rings (SSSR count). The molecule has 0 aromatic heterocycles. The third-order valence-electron chi connectivity index (χ3n) is 3.81. The summed E-state index contributed by atoms with van der Waals surface area (Å²) in [6, 6.07) is 4.77. The van der Waals surface area contributed by atoms with Crippen LogP contribution >= 0.6 is 11.6 Å². The summed E-state index contributed by atoms with van der Waals surface area (Å²) in [5.41, 5.74) is 6.32. The number of rotatable bonds is 6. The van der Waals surface area contributed by atoms with Crippen LogP contribution in [0.1, 0.15) is 24.8 Å². The Hall–Kier alpha value is -0.910. The largest absolute Gasteiger partial charge is 0.434 e. The van der Waals surface area contributed by atoms with Crippen molar-refractivity contribution in [2.75, 3.05) is 19.6 Å². The highest BCUT2D eigenvalue weighted by Crippen LogP contribution is 2.28. The summed E-state index contributed by atoms with van der Waals surface area (Å²) in [5, 5.41) is 0.530. The monoisotopic (exact) mass is 318 g/mol. The number of hydrogen-bond donors (Lipinski definition) is 1. The first-order valence-electron chi connectivity index (χ1n) is 7.24. The first-order valence-corrected chi connectivity index (χ1v) is 7.62. The predicted octanol–water partition coefficient (Wildman–Crippen LogP) is 3.50. The summed E-state index contributed by atoms with van der Waals surface area (Å²) < 4.78 is 29.5. The van der Waals surface area contributed by atoms with Crippen molar-refractivity contribution in [1.29, 1.82) is 0 Å². The van der Waals surface area contributed by atoms with Crippen LogP contribution < -0.4 is 10.5 Å². The van der Waals surface area contributed by atoms with E-state index in [-0.39, 0.29) is 5.75 Å². The third-order valence-corrected chi connectivity index (χ3v) is 4.05. The van der Waals surface area contributed by atoms with Gasteiger partial charge in [-0.05, 0) is 56.5 Å². The maximum absolute atomic E-state index is 12.5. The Kier molecular flexibility index (Phi) is 6.21. The number of likely N-dealkylation sites (tertiary alicyclic amines) is 1. The zero-order valence-electron chi connectivity index (χ0n) is 11.9. The van der Waals surface area contributed by atoms with Gasteiger partial charge in [-0.15, -0.1) is 0 Å². The fourth-order valence-corrected chi connectivity index (χ4v) is 3.08. The highest BCUT2D eigenvalue weighted by Gasteiger charge is 2.21. The summed E-state index contributed by atoms with van der Waals surface area (Å²) >= 11 is 5.97. The summed E-state index contributed by atoms with van der Waals surface area (Å²) in [6.07, 6.45) is 3.30. The molecule has 1 aromatic carbocycles. The van der Waals surface area contributed by atoms with Crippen molar-refractivity contribution in [3.05, 3.63) is 28.8 Å². The van der Waals surface area contributed by atoms with Crippen LogP contribution in [-0.4, -0.2) is 31.1 Å². The van der Waals surface area contributed by atoms with Gasteiger partial charge in [-0.1, -0.05) is 11.6 Å². The third kappa shape index (κ3) is 5.09. The number of halogens is 3. The van der Waals surface area contributed by atoms with E-state index in [0.717, 1.165) is 25.9 Å². The number of hydrogen-bond acceptors (Lipinski definition) is 3. The summed E-state index contributed by atoms with van der Waals surface area (Å²) in [5.74, 6) is 0.790. The minimum atomic E-state index is -2.82. The number of piperidine rings is 1. The normalized spacial score (nSPS) is 20.0. The molecular formula is C15H21ClF2N2O. The molecule has 1 heterocycles. The quantitative estimate of drug-likeness (QED) is 0.872. The lowest BCUT2D eigenvalue weighted by Crippen LogP contribution is -2.35. The minimum Gasteiger partial charge on any atom is -0.434 e. The molecule has 3 nitrogen and oxygen atoms in total. The van der Waals surface area contributed by atoms with Crippen LogP contribution in [0.25, 0.3) is 0 Å². The molecule has 0 amide bonds. The average molecular weight is 319 g/mol. The second kappa shape index (κ2) is 7.92. The zero-order chi connectivity index (χ0) is 15.2. The summed E-state index contributed by atoms with van der Waals surface area (Å²) in [6.45, 7) is 0.342. The number of nitrogens with zero attached hydrogens (tertiary/aromatic N) is 1. The van der Waals surface area contributed by atoms with Crippen LogP contribution in [0.2, 0.25) is 5.02 Å². The second-order valence-corrected chi connectivity index (χ2v) is 5.89. The SMILES string of the molecule is NCCC1CCCN(Cc2cc(Cl)ccc2OC(F)F)C1. The second-order valence-electron chi connectivity index (χ2n) is 5.45. The van der Waals surface area contributed by atoms with Crippen molar-refractivity contribution >= 4 is 11.6 Å². The van der Waals surface area contributed by atoms with Crippen molar-refractivity contribution in [2.45, 2.75) is 32.4 Å². The van der Waals surface area contributed by atoms with Crippen molar-refractivity contribution in [3.63, 3.8) is 0 Å². The van der Waals surface area contributed by atoms with Crippen molar-refractivity contribution < 1.29 is 13.5 Å². The summed E-state index contributed by atoms with van der Waals surface area (Å²) in [7, 11) is 0. The Morgan fingerprint density at radius 2 is 2.24 bits per heavy atom. The number of benzene rings is 1. The molecule has 21 heavy (non-hydrogen) atoms. The number of alkyl halides is 2. The van der Waals surface area contributed by atoms with Crippen molar-refractivity contribution in [3.8, 4) is 5.75 Å². The number of ether oxygens (including phenoxy) is 1. The van der Waals surface area contributed by atoms with Crippen LogP contribution in [0, 0.1) is 5.92 Å². The van der Waals surface area contributed by atoms with E-state index in [4.69, 9.17) is 17.3 Å². The van der Waals surface area contributed by atoms with Gasteiger partial charge in [0.2, 0.25) is 0 Å². The van der Waals surface area contributed by atoms with E-state index in [1.165, 1.54) is 12.5 Å².